The van der Waals surface area contributed by atoms with E-state index in [4.69, 9.17) is 4.74 Å². The average Bonchev–Trinajstić information content (AvgIpc) is 2.48. The first-order chi connectivity index (χ1) is 6.75. The molecule has 1 aliphatic rings. The molecule has 0 radical (unpaired) electrons. The van der Waals surface area contributed by atoms with E-state index in [2.05, 4.69) is 34.6 Å². The molecule has 0 heterocycles. The molecule has 0 bridgehead atoms. The van der Waals surface area contributed by atoms with Crippen molar-refractivity contribution in [3.05, 3.63) is 0 Å². The number of hydrogen-bond donors (Lipinski definition) is 1. The largest absolute Gasteiger partial charge is 0.368 e. The van der Waals surface area contributed by atoms with Gasteiger partial charge in [0.05, 0.1) is 5.60 Å². The number of ether oxygens (including phenoxy) is 1. The molecule has 1 N–H and O–H groups in total. The molecular weight excluding hydrogens is 188 g/mol. The second-order valence-electron chi connectivity index (χ2n) is 6.32. The molecule has 2 heteroatoms. The average molecular weight is 214 g/mol. The van der Waals surface area contributed by atoms with E-state index >= 15 is 0 Å². The zero-order valence-corrected chi connectivity index (χ0v) is 10.8. The standard InChI is InChI=1S/C13H26O2/c1-10(12(2,3)4)11(14)15-13(5)8-6-7-9-13/h10-11,14H,6-9H2,1-5H3. The summed E-state index contributed by atoms with van der Waals surface area (Å²) in [5, 5.41) is 10.1. The summed E-state index contributed by atoms with van der Waals surface area (Å²) in [6, 6.07) is 0. The van der Waals surface area contributed by atoms with E-state index in [0.29, 0.717) is 0 Å². The van der Waals surface area contributed by atoms with Crippen LogP contribution in [-0.4, -0.2) is 17.0 Å². The van der Waals surface area contributed by atoms with E-state index < -0.39 is 6.29 Å². The third-order valence-corrected chi connectivity index (χ3v) is 3.86. The Morgan fingerprint density at radius 2 is 1.67 bits per heavy atom. The third kappa shape index (κ3) is 3.46. The Balaban J connectivity index is 2.51. The van der Waals surface area contributed by atoms with Gasteiger partial charge in [-0.25, -0.2) is 0 Å². The second kappa shape index (κ2) is 4.42. The minimum atomic E-state index is -0.631. The molecule has 2 unspecified atom stereocenters. The summed E-state index contributed by atoms with van der Waals surface area (Å²) >= 11 is 0. The highest BCUT2D eigenvalue weighted by Crippen LogP contribution is 2.37. The van der Waals surface area contributed by atoms with Crippen LogP contribution in [0.25, 0.3) is 0 Å². The first kappa shape index (κ1) is 13.0. The molecule has 0 amide bonds. The molecule has 0 aromatic heterocycles. The van der Waals surface area contributed by atoms with Crippen molar-refractivity contribution in [3.63, 3.8) is 0 Å². The monoisotopic (exact) mass is 214 g/mol. The molecular formula is C13H26O2. The van der Waals surface area contributed by atoms with Crippen molar-refractivity contribution in [2.75, 3.05) is 0 Å². The SMILES string of the molecule is CC(C(O)OC1(C)CCCC1)C(C)(C)C. The Bertz CT molecular complexity index is 199. The fourth-order valence-electron chi connectivity index (χ4n) is 2.06. The van der Waals surface area contributed by atoms with Crippen molar-refractivity contribution < 1.29 is 9.84 Å². The lowest BCUT2D eigenvalue weighted by Crippen LogP contribution is -2.38. The Hall–Kier alpha value is -0.0800. The van der Waals surface area contributed by atoms with Gasteiger partial charge in [0.15, 0.2) is 6.29 Å². The Kier molecular flexibility index (Phi) is 3.83. The van der Waals surface area contributed by atoms with E-state index in [1.165, 1.54) is 12.8 Å². The van der Waals surface area contributed by atoms with Crippen LogP contribution in [0.2, 0.25) is 0 Å². The Morgan fingerprint density at radius 1 is 1.20 bits per heavy atom. The molecule has 15 heavy (non-hydrogen) atoms. The lowest BCUT2D eigenvalue weighted by atomic mass is 9.81. The van der Waals surface area contributed by atoms with Crippen LogP contribution in [0.1, 0.15) is 60.3 Å². The van der Waals surface area contributed by atoms with Crippen LogP contribution in [0.4, 0.5) is 0 Å². The molecule has 1 rings (SSSR count). The predicted molar refractivity (Wildman–Crippen MR) is 62.6 cm³/mol. The van der Waals surface area contributed by atoms with E-state index in [-0.39, 0.29) is 16.9 Å². The molecule has 1 aliphatic carbocycles. The summed E-state index contributed by atoms with van der Waals surface area (Å²) < 4.78 is 5.84. The minimum absolute atomic E-state index is 0.0844. The van der Waals surface area contributed by atoms with Crippen molar-refractivity contribution >= 4 is 0 Å². The summed E-state index contributed by atoms with van der Waals surface area (Å²) in [6.07, 6.45) is 4.00. The van der Waals surface area contributed by atoms with Crippen molar-refractivity contribution in [2.45, 2.75) is 72.2 Å². The van der Waals surface area contributed by atoms with Crippen LogP contribution in [0.15, 0.2) is 0 Å². The zero-order valence-electron chi connectivity index (χ0n) is 10.8. The quantitative estimate of drug-likeness (QED) is 0.730. The summed E-state index contributed by atoms with van der Waals surface area (Å²) in [4.78, 5) is 0. The van der Waals surface area contributed by atoms with Gasteiger partial charge in [-0.3, -0.25) is 0 Å². The van der Waals surface area contributed by atoms with Gasteiger partial charge in [-0.2, -0.15) is 0 Å². The molecule has 0 aliphatic heterocycles. The number of aliphatic hydroxyl groups excluding tert-OH is 1. The fourth-order valence-corrected chi connectivity index (χ4v) is 2.06. The molecule has 2 nitrogen and oxygen atoms in total. The lowest BCUT2D eigenvalue weighted by molar-refractivity contribution is -0.212. The lowest BCUT2D eigenvalue weighted by Gasteiger charge is -2.36. The Labute approximate surface area is 94.0 Å². The first-order valence-electron chi connectivity index (χ1n) is 6.10. The van der Waals surface area contributed by atoms with Crippen LogP contribution in [0, 0.1) is 11.3 Å². The van der Waals surface area contributed by atoms with Crippen molar-refractivity contribution in [3.8, 4) is 0 Å². The van der Waals surface area contributed by atoms with E-state index in [0.717, 1.165) is 12.8 Å². The zero-order chi connectivity index (χ0) is 11.7. The van der Waals surface area contributed by atoms with Crippen molar-refractivity contribution in [1.82, 2.24) is 0 Å². The van der Waals surface area contributed by atoms with Crippen LogP contribution in [-0.2, 0) is 4.74 Å². The van der Waals surface area contributed by atoms with E-state index in [1.807, 2.05) is 0 Å². The van der Waals surface area contributed by atoms with Gasteiger partial charge in [0.2, 0.25) is 0 Å². The minimum Gasteiger partial charge on any atom is -0.368 e. The maximum absolute atomic E-state index is 10.1. The molecule has 0 spiro atoms. The highest BCUT2D eigenvalue weighted by molar-refractivity contribution is 4.83. The molecule has 1 fully saturated rings. The van der Waals surface area contributed by atoms with Crippen LogP contribution < -0.4 is 0 Å². The van der Waals surface area contributed by atoms with Gasteiger partial charge >= 0.3 is 0 Å². The van der Waals surface area contributed by atoms with Crippen LogP contribution in [0.5, 0.6) is 0 Å². The summed E-state index contributed by atoms with van der Waals surface area (Å²) in [5.41, 5.74) is 0.00725. The summed E-state index contributed by atoms with van der Waals surface area (Å²) in [7, 11) is 0. The van der Waals surface area contributed by atoms with E-state index in [9.17, 15) is 5.11 Å². The molecule has 90 valence electrons. The molecule has 2 atom stereocenters. The fraction of sp³-hybridized carbons (Fsp3) is 1.00. The van der Waals surface area contributed by atoms with Crippen LogP contribution >= 0.6 is 0 Å². The first-order valence-corrected chi connectivity index (χ1v) is 6.10. The third-order valence-electron chi connectivity index (χ3n) is 3.86. The second-order valence-corrected chi connectivity index (χ2v) is 6.32. The van der Waals surface area contributed by atoms with Gasteiger partial charge < -0.3 is 9.84 Å². The topological polar surface area (TPSA) is 29.5 Å². The molecule has 0 aromatic carbocycles. The number of hydrogen-bond acceptors (Lipinski definition) is 2. The summed E-state index contributed by atoms with van der Waals surface area (Å²) in [6.45, 7) is 10.6. The van der Waals surface area contributed by atoms with Gasteiger partial charge in [0, 0.05) is 5.92 Å². The van der Waals surface area contributed by atoms with Crippen LogP contribution in [0.3, 0.4) is 0 Å². The Morgan fingerprint density at radius 3 is 2.07 bits per heavy atom. The van der Waals surface area contributed by atoms with Gasteiger partial charge in [-0.1, -0.05) is 40.5 Å². The van der Waals surface area contributed by atoms with Crippen molar-refractivity contribution in [2.24, 2.45) is 11.3 Å². The predicted octanol–water partition coefficient (Wildman–Crippen LogP) is 3.34. The van der Waals surface area contributed by atoms with Gasteiger partial charge in [0.25, 0.3) is 0 Å². The highest BCUT2D eigenvalue weighted by atomic mass is 16.6. The maximum Gasteiger partial charge on any atom is 0.158 e. The van der Waals surface area contributed by atoms with Gasteiger partial charge in [-0.15, -0.1) is 0 Å². The molecule has 0 saturated heterocycles. The van der Waals surface area contributed by atoms with Gasteiger partial charge in [0.1, 0.15) is 0 Å². The highest BCUT2D eigenvalue weighted by Gasteiger charge is 2.36. The normalized spacial score (nSPS) is 25.2. The summed E-state index contributed by atoms with van der Waals surface area (Å²) in [5.74, 6) is 0.162. The van der Waals surface area contributed by atoms with Gasteiger partial charge in [-0.05, 0) is 25.2 Å². The molecule has 0 aromatic rings. The smallest absolute Gasteiger partial charge is 0.158 e. The number of aliphatic hydroxyl groups is 1. The maximum atomic E-state index is 10.1. The molecule has 1 saturated carbocycles. The van der Waals surface area contributed by atoms with E-state index in [1.54, 1.807) is 0 Å². The number of rotatable bonds is 3. The van der Waals surface area contributed by atoms with Crippen molar-refractivity contribution in [1.29, 1.82) is 0 Å².